The normalized spacial score (nSPS) is 21.7. The molecule has 7 heteroatoms. The molecule has 0 spiro atoms. The molecule has 2 aliphatic rings. The molecule has 1 aliphatic carbocycles. The monoisotopic (exact) mass is 318 g/mol. The molecule has 126 valence electrons. The van der Waals surface area contributed by atoms with Crippen LogP contribution in [-0.2, 0) is 17.6 Å². The van der Waals surface area contributed by atoms with Crippen molar-refractivity contribution in [2.45, 2.75) is 38.5 Å². The summed E-state index contributed by atoms with van der Waals surface area (Å²) in [7, 11) is 0. The molecule has 1 fully saturated rings. The van der Waals surface area contributed by atoms with Gasteiger partial charge in [0.15, 0.2) is 0 Å². The van der Waals surface area contributed by atoms with Crippen LogP contribution in [0.4, 0.5) is 11.8 Å². The van der Waals surface area contributed by atoms with Gasteiger partial charge in [0, 0.05) is 25.2 Å². The molecule has 7 nitrogen and oxygen atoms in total. The van der Waals surface area contributed by atoms with Crippen molar-refractivity contribution in [1.82, 2.24) is 14.9 Å². The van der Waals surface area contributed by atoms with Gasteiger partial charge in [0.1, 0.15) is 5.82 Å². The maximum absolute atomic E-state index is 11.3. The summed E-state index contributed by atoms with van der Waals surface area (Å²) in [5.41, 5.74) is 13.6. The lowest BCUT2D eigenvalue weighted by Gasteiger charge is -2.31. The fraction of sp³-hybridized carbons (Fsp3) is 0.688. The number of nitrogens with two attached hydrogens (primary N) is 2. The van der Waals surface area contributed by atoms with Crippen molar-refractivity contribution >= 4 is 17.7 Å². The molecule has 0 bridgehead atoms. The van der Waals surface area contributed by atoms with Gasteiger partial charge in [-0.3, -0.25) is 4.79 Å². The number of piperidine rings is 1. The van der Waals surface area contributed by atoms with Crippen molar-refractivity contribution in [2.75, 3.05) is 37.2 Å². The molecule has 0 unspecified atom stereocenters. The largest absolute Gasteiger partial charge is 0.369 e. The Kier molecular flexibility index (Phi) is 4.95. The number of nitrogens with one attached hydrogen (secondary N) is 1. The standard InChI is InChI=1S/C16H26N6O/c17-14(23)11-4-3-8-22(10-11)9-7-19-15-12-5-1-2-6-13(12)20-16(18)21-15/h11H,1-10H2,(H2,17,23)(H3,18,19,20,21)/t11-/m1/s1. The number of hydrogen-bond acceptors (Lipinski definition) is 6. The average Bonchev–Trinajstić information content (AvgIpc) is 2.55. The molecule has 1 aromatic heterocycles. The fourth-order valence-corrected chi connectivity index (χ4v) is 3.58. The summed E-state index contributed by atoms with van der Waals surface area (Å²) in [6.07, 6.45) is 6.31. The molecule has 0 aromatic carbocycles. The first-order chi connectivity index (χ1) is 11.1. The topological polar surface area (TPSA) is 110 Å². The third-order valence-electron chi connectivity index (χ3n) is 4.83. The van der Waals surface area contributed by atoms with Crippen LogP contribution in [0.2, 0.25) is 0 Å². The Hall–Kier alpha value is -1.89. The first-order valence-electron chi connectivity index (χ1n) is 8.54. The molecule has 5 N–H and O–H groups in total. The van der Waals surface area contributed by atoms with Gasteiger partial charge >= 0.3 is 0 Å². The number of hydrogen-bond donors (Lipinski definition) is 3. The minimum absolute atomic E-state index is 0.00814. The second-order valence-electron chi connectivity index (χ2n) is 6.53. The molecule has 1 atom stereocenters. The summed E-state index contributed by atoms with van der Waals surface area (Å²) in [5.74, 6) is 1.04. The van der Waals surface area contributed by atoms with E-state index in [1.54, 1.807) is 0 Å². The number of aromatic nitrogens is 2. The number of amides is 1. The van der Waals surface area contributed by atoms with Crippen LogP contribution >= 0.6 is 0 Å². The zero-order valence-corrected chi connectivity index (χ0v) is 13.6. The summed E-state index contributed by atoms with van der Waals surface area (Å²) < 4.78 is 0. The number of carbonyl (C=O) groups is 1. The molecule has 1 saturated heterocycles. The SMILES string of the molecule is NC(=O)[C@@H]1CCCN(CCNc2nc(N)nc3c2CCCC3)C1. The minimum Gasteiger partial charge on any atom is -0.369 e. The van der Waals surface area contributed by atoms with Crippen molar-refractivity contribution < 1.29 is 4.79 Å². The highest BCUT2D eigenvalue weighted by molar-refractivity contribution is 5.76. The second-order valence-corrected chi connectivity index (χ2v) is 6.53. The maximum atomic E-state index is 11.3. The van der Waals surface area contributed by atoms with E-state index in [9.17, 15) is 4.79 Å². The third kappa shape index (κ3) is 3.90. The van der Waals surface area contributed by atoms with Crippen molar-refractivity contribution in [3.8, 4) is 0 Å². The number of rotatable bonds is 5. The Balaban J connectivity index is 1.56. The number of nitrogen functional groups attached to an aromatic ring is 1. The van der Waals surface area contributed by atoms with Gasteiger partial charge in [-0.2, -0.15) is 4.98 Å². The molecule has 1 amide bonds. The number of fused-ring (bicyclic) bond motifs is 1. The van der Waals surface area contributed by atoms with Crippen LogP contribution in [-0.4, -0.2) is 47.0 Å². The van der Waals surface area contributed by atoms with Gasteiger partial charge in [-0.05, 0) is 45.1 Å². The first-order valence-corrected chi connectivity index (χ1v) is 8.54. The number of likely N-dealkylation sites (tertiary alicyclic amines) is 1. The van der Waals surface area contributed by atoms with E-state index in [0.717, 1.165) is 63.4 Å². The number of nitrogens with zero attached hydrogens (tertiary/aromatic N) is 3. The lowest BCUT2D eigenvalue weighted by Crippen LogP contribution is -2.42. The van der Waals surface area contributed by atoms with Crippen molar-refractivity contribution in [2.24, 2.45) is 11.7 Å². The van der Waals surface area contributed by atoms with Crippen LogP contribution in [0.3, 0.4) is 0 Å². The zero-order valence-electron chi connectivity index (χ0n) is 13.6. The maximum Gasteiger partial charge on any atom is 0.222 e. The first kappa shape index (κ1) is 16.0. The summed E-state index contributed by atoms with van der Waals surface area (Å²) in [6, 6.07) is 0. The van der Waals surface area contributed by atoms with E-state index < -0.39 is 0 Å². The highest BCUT2D eigenvalue weighted by atomic mass is 16.1. The van der Waals surface area contributed by atoms with Crippen LogP contribution < -0.4 is 16.8 Å². The number of anilines is 2. The molecule has 23 heavy (non-hydrogen) atoms. The molecule has 0 radical (unpaired) electrons. The second kappa shape index (κ2) is 7.12. The molecule has 1 aromatic rings. The van der Waals surface area contributed by atoms with Gasteiger partial charge in [-0.25, -0.2) is 4.98 Å². The van der Waals surface area contributed by atoms with Crippen LogP contribution in [0.1, 0.15) is 36.9 Å². The Morgan fingerprint density at radius 3 is 2.91 bits per heavy atom. The van der Waals surface area contributed by atoms with Gasteiger partial charge in [-0.15, -0.1) is 0 Å². The van der Waals surface area contributed by atoms with Gasteiger partial charge in [0.05, 0.1) is 11.6 Å². The Labute approximate surface area is 136 Å². The minimum atomic E-state index is -0.180. The molecular weight excluding hydrogens is 292 g/mol. The summed E-state index contributed by atoms with van der Waals surface area (Å²) >= 11 is 0. The van der Waals surface area contributed by atoms with Gasteiger partial charge in [0.2, 0.25) is 11.9 Å². The lowest BCUT2D eigenvalue weighted by molar-refractivity contribution is -0.123. The average molecular weight is 318 g/mol. The van der Waals surface area contributed by atoms with E-state index in [2.05, 4.69) is 20.2 Å². The lowest BCUT2D eigenvalue weighted by atomic mass is 9.96. The summed E-state index contributed by atoms with van der Waals surface area (Å²) in [5, 5.41) is 3.42. The van der Waals surface area contributed by atoms with E-state index in [-0.39, 0.29) is 11.8 Å². The quantitative estimate of drug-likeness (QED) is 0.731. The highest BCUT2D eigenvalue weighted by Gasteiger charge is 2.23. The van der Waals surface area contributed by atoms with Gasteiger partial charge in [-0.1, -0.05) is 0 Å². The highest BCUT2D eigenvalue weighted by Crippen LogP contribution is 2.26. The predicted octanol–water partition coefficient (Wildman–Crippen LogP) is 0.547. The van der Waals surface area contributed by atoms with E-state index >= 15 is 0 Å². The van der Waals surface area contributed by atoms with Gasteiger partial charge < -0.3 is 21.7 Å². The molecule has 2 heterocycles. The Morgan fingerprint density at radius 1 is 1.26 bits per heavy atom. The summed E-state index contributed by atoms with van der Waals surface area (Å²) in [4.78, 5) is 22.4. The Morgan fingerprint density at radius 2 is 2.09 bits per heavy atom. The number of aryl methyl sites for hydroxylation is 1. The van der Waals surface area contributed by atoms with Crippen molar-refractivity contribution in [3.05, 3.63) is 11.3 Å². The number of primary amides is 1. The van der Waals surface area contributed by atoms with E-state index in [1.165, 1.54) is 18.4 Å². The fourth-order valence-electron chi connectivity index (χ4n) is 3.58. The number of carbonyl (C=O) groups excluding carboxylic acids is 1. The van der Waals surface area contributed by atoms with Crippen LogP contribution in [0.15, 0.2) is 0 Å². The smallest absolute Gasteiger partial charge is 0.222 e. The zero-order chi connectivity index (χ0) is 16.2. The predicted molar refractivity (Wildman–Crippen MR) is 89.9 cm³/mol. The van der Waals surface area contributed by atoms with Gasteiger partial charge in [0.25, 0.3) is 0 Å². The van der Waals surface area contributed by atoms with Crippen molar-refractivity contribution in [1.29, 1.82) is 0 Å². The van der Waals surface area contributed by atoms with E-state index in [4.69, 9.17) is 11.5 Å². The van der Waals surface area contributed by atoms with Crippen molar-refractivity contribution in [3.63, 3.8) is 0 Å². The van der Waals surface area contributed by atoms with E-state index in [0.29, 0.717) is 5.95 Å². The summed E-state index contributed by atoms with van der Waals surface area (Å²) in [6.45, 7) is 3.45. The molecule has 1 aliphatic heterocycles. The van der Waals surface area contributed by atoms with Crippen LogP contribution in [0, 0.1) is 5.92 Å². The van der Waals surface area contributed by atoms with Crippen LogP contribution in [0.5, 0.6) is 0 Å². The Bertz CT molecular complexity index is 576. The molecule has 3 rings (SSSR count). The molecular formula is C16H26N6O. The van der Waals surface area contributed by atoms with E-state index in [1.807, 2.05) is 0 Å². The molecule has 0 saturated carbocycles. The third-order valence-corrected chi connectivity index (χ3v) is 4.83. The van der Waals surface area contributed by atoms with Crippen LogP contribution in [0.25, 0.3) is 0 Å².